The molecule has 36 heavy (non-hydrogen) atoms. The fourth-order valence-electron chi connectivity index (χ4n) is 4.65. The summed E-state index contributed by atoms with van der Waals surface area (Å²) in [6.07, 6.45) is 2.40. The first-order valence-corrected chi connectivity index (χ1v) is 12.1. The molecule has 5 heteroatoms. The van der Waals surface area contributed by atoms with E-state index in [9.17, 15) is 9.90 Å². The summed E-state index contributed by atoms with van der Waals surface area (Å²) in [5, 5.41) is 12.3. The van der Waals surface area contributed by atoms with Gasteiger partial charge in [-0.05, 0) is 53.6 Å². The summed E-state index contributed by atoms with van der Waals surface area (Å²) in [5.74, 6) is -0.169. The predicted molar refractivity (Wildman–Crippen MR) is 143 cm³/mol. The van der Waals surface area contributed by atoms with Crippen LogP contribution in [0.3, 0.4) is 0 Å². The van der Waals surface area contributed by atoms with Crippen molar-refractivity contribution in [1.29, 1.82) is 0 Å². The molecule has 5 aromatic rings. The minimum atomic E-state index is -0.641. The molecule has 0 aliphatic rings. The van der Waals surface area contributed by atoms with Crippen molar-refractivity contribution < 1.29 is 19.2 Å². The van der Waals surface area contributed by atoms with Crippen molar-refractivity contribution in [2.75, 3.05) is 7.11 Å². The van der Waals surface area contributed by atoms with Gasteiger partial charge in [-0.2, -0.15) is 4.57 Å². The van der Waals surface area contributed by atoms with E-state index in [1.54, 1.807) is 12.1 Å². The van der Waals surface area contributed by atoms with Gasteiger partial charge >= 0.3 is 5.97 Å². The van der Waals surface area contributed by atoms with E-state index in [1.165, 1.54) is 7.11 Å². The van der Waals surface area contributed by atoms with E-state index in [1.807, 2.05) is 89.6 Å². The molecule has 1 heterocycles. The second kappa shape index (κ2) is 10.2. The van der Waals surface area contributed by atoms with Crippen LogP contribution < -0.4 is 4.57 Å². The molecule has 0 saturated heterocycles. The zero-order chi connectivity index (χ0) is 25.1. The van der Waals surface area contributed by atoms with Crippen LogP contribution in [0.25, 0.3) is 33.2 Å². The molecular weight excluding hydrogens is 470 g/mol. The minimum Gasteiger partial charge on any atom is -0.508 e. The van der Waals surface area contributed by atoms with Gasteiger partial charge in [0.2, 0.25) is 5.69 Å². The van der Waals surface area contributed by atoms with Crippen molar-refractivity contribution in [2.24, 2.45) is 0 Å². The molecule has 5 rings (SSSR count). The first-order valence-electron chi connectivity index (χ1n) is 11.7. The van der Waals surface area contributed by atoms with E-state index in [-0.39, 0.29) is 11.7 Å². The second-order valence-electron chi connectivity index (χ2n) is 8.63. The molecule has 0 fully saturated rings. The molecule has 1 aromatic heterocycles. The van der Waals surface area contributed by atoms with Crippen molar-refractivity contribution >= 4 is 28.3 Å². The number of hydrogen-bond acceptors (Lipinski definition) is 3. The topological polar surface area (TPSA) is 50.4 Å². The molecule has 178 valence electrons. The van der Waals surface area contributed by atoms with Gasteiger partial charge in [0.15, 0.2) is 6.20 Å². The average Bonchev–Trinajstić information content (AvgIpc) is 2.92. The first-order chi connectivity index (χ1) is 17.5. The van der Waals surface area contributed by atoms with Crippen LogP contribution in [0.15, 0.2) is 109 Å². The van der Waals surface area contributed by atoms with Crippen LogP contribution >= 0.6 is 11.6 Å². The number of ether oxygens (including phenoxy) is 1. The number of fused-ring (bicyclic) bond motifs is 1. The minimum absolute atomic E-state index is 0.181. The normalized spacial score (nSPS) is 11.8. The highest BCUT2D eigenvalue weighted by Crippen LogP contribution is 2.37. The molecule has 4 aromatic carbocycles. The van der Waals surface area contributed by atoms with E-state index >= 15 is 0 Å². The number of aromatic nitrogens is 1. The van der Waals surface area contributed by atoms with Crippen molar-refractivity contribution in [2.45, 2.75) is 12.5 Å². The lowest BCUT2D eigenvalue weighted by Gasteiger charge is -2.19. The Kier molecular flexibility index (Phi) is 6.70. The number of benzene rings is 4. The van der Waals surface area contributed by atoms with Crippen molar-refractivity contribution in [1.82, 2.24) is 0 Å². The van der Waals surface area contributed by atoms with Crippen molar-refractivity contribution in [3.05, 3.63) is 120 Å². The number of aromatic hydroxyl groups is 1. The maximum Gasteiger partial charge on any atom is 0.376 e. The molecule has 0 aliphatic carbocycles. The van der Waals surface area contributed by atoms with Gasteiger partial charge in [0.1, 0.15) is 5.75 Å². The lowest BCUT2D eigenvalue weighted by Crippen LogP contribution is -2.47. The van der Waals surface area contributed by atoms with Crippen molar-refractivity contribution in [3.63, 3.8) is 0 Å². The molecule has 0 amide bonds. The number of phenolic OH excluding ortho intramolecular Hbond substituents is 1. The number of phenols is 1. The summed E-state index contributed by atoms with van der Waals surface area (Å²) in [7, 11) is 1.41. The number of pyridine rings is 1. The summed E-state index contributed by atoms with van der Waals surface area (Å²) >= 11 is 6.47. The van der Waals surface area contributed by atoms with Crippen molar-refractivity contribution in [3.8, 4) is 28.1 Å². The van der Waals surface area contributed by atoms with E-state index in [0.717, 1.165) is 38.7 Å². The molecule has 0 unspecified atom stereocenters. The Balaban J connectivity index is 1.86. The zero-order valence-electron chi connectivity index (χ0n) is 19.8. The monoisotopic (exact) mass is 494 g/mol. The first kappa shape index (κ1) is 23.6. The summed E-state index contributed by atoms with van der Waals surface area (Å²) in [4.78, 5) is 13.3. The maximum absolute atomic E-state index is 13.3. The third-order valence-corrected chi connectivity index (χ3v) is 6.58. The van der Waals surface area contributed by atoms with Crippen LogP contribution in [0, 0.1) is 0 Å². The van der Waals surface area contributed by atoms with Crippen LogP contribution in [-0.2, 0) is 16.0 Å². The van der Waals surface area contributed by atoms with Gasteiger partial charge in [0, 0.05) is 27.8 Å². The molecule has 1 N–H and O–H groups in total. The Bertz CT molecular complexity index is 1520. The van der Waals surface area contributed by atoms with E-state index in [2.05, 4.69) is 12.1 Å². The summed E-state index contributed by atoms with van der Waals surface area (Å²) in [6, 6.07) is 32.3. The SMILES string of the molecule is COC(=O)[C@H](Cc1ccc(O)cc1)[n+]1cc2ccc(Cl)cc2c(-c2ccccc2)c1-c1ccccc1. The Morgan fingerprint density at radius 3 is 2.17 bits per heavy atom. The average molecular weight is 495 g/mol. The third-order valence-electron chi connectivity index (χ3n) is 6.34. The van der Waals surface area contributed by atoms with E-state index in [0.29, 0.717) is 11.4 Å². The van der Waals surface area contributed by atoms with Crippen LogP contribution in [0.1, 0.15) is 11.6 Å². The molecule has 4 nitrogen and oxygen atoms in total. The predicted octanol–water partition coefficient (Wildman–Crippen LogP) is 6.78. The number of rotatable bonds is 6. The van der Waals surface area contributed by atoms with E-state index < -0.39 is 6.04 Å². The van der Waals surface area contributed by atoms with Gasteiger partial charge < -0.3 is 9.84 Å². The van der Waals surface area contributed by atoms with Gasteiger partial charge in [0.25, 0.3) is 6.04 Å². The number of methoxy groups -OCH3 is 1. The largest absolute Gasteiger partial charge is 0.508 e. The standard InChI is InChI=1S/C31H24ClNO3/c1-36-31(35)28(18-21-12-16-26(34)17-13-21)33-20-24-14-15-25(32)19-27(24)29(22-8-4-2-5-9-22)30(33)23-10-6-3-7-11-23/h2-17,19-20,28H,18H2,1H3/p+1/t28-/m0/s1. The number of carbonyl (C=O) groups excluding carboxylic acids is 1. The third kappa shape index (κ3) is 4.68. The Morgan fingerprint density at radius 2 is 1.53 bits per heavy atom. The quantitative estimate of drug-likeness (QED) is 0.209. The zero-order valence-corrected chi connectivity index (χ0v) is 20.5. The Hall–Kier alpha value is -4.15. The molecule has 0 spiro atoms. The van der Waals surface area contributed by atoms with Crippen LogP contribution in [-0.4, -0.2) is 18.2 Å². The summed E-state index contributed by atoms with van der Waals surface area (Å²) in [6.45, 7) is 0. The Labute approximate surface area is 215 Å². The van der Waals surface area contributed by atoms with E-state index in [4.69, 9.17) is 16.3 Å². The van der Waals surface area contributed by atoms with Crippen LogP contribution in [0.2, 0.25) is 5.02 Å². The molecule has 1 atom stereocenters. The maximum atomic E-state index is 13.3. The fourth-order valence-corrected chi connectivity index (χ4v) is 4.82. The number of nitrogens with zero attached hydrogens (tertiary/aromatic N) is 1. The Morgan fingerprint density at radius 1 is 0.889 bits per heavy atom. The molecule has 0 bridgehead atoms. The van der Waals surface area contributed by atoms with Gasteiger partial charge in [-0.3, -0.25) is 0 Å². The second-order valence-corrected chi connectivity index (χ2v) is 9.07. The van der Waals surface area contributed by atoms with Gasteiger partial charge in [-0.25, -0.2) is 4.79 Å². The molecule has 0 radical (unpaired) electrons. The number of hydrogen-bond donors (Lipinski definition) is 1. The lowest BCUT2D eigenvalue weighted by atomic mass is 9.92. The smallest absolute Gasteiger partial charge is 0.376 e. The number of carbonyl (C=O) groups is 1. The molecule has 0 aliphatic heterocycles. The molecular formula is C31H25ClNO3+. The molecule has 0 saturated carbocycles. The van der Waals surface area contributed by atoms with Gasteiger partial charge in [-0.1, -0.05) is 72.3 Å². The van der Waals surface area contributed by atoms with Gasteiger partial charge in [0.05, 0.1) is 12.7 Å². The highest BCUT2D eigenvalue weighted by atomic mass is 35.5. The fraction of sp³-hybridized carbons (Fsp3) is 0.0968. The van der Waals surface area contributed by atoms with Gasteiger partial charge in [-0.15, -0.1) is 0 Å². The van der Waals surface area contributed by atoms with Crippen LogP contribution in [0.5, 0.6) is 5.75 Å². The van der Waals surface area contributed by atoms with Crippen LogP contribution in [0.4, 0.5) is 0 Å². The number of esters is 1. The lowest BCUT2D eigenvalue weighted by molar-refractivity contribution is -0.698. The number of halogens is 1. The highest BCUT2D eigenvalue weighted by molar-refractivity contribution is 6.31. The summed E-state index contributed by atoms with van der Waals surface area (Å²) < 4.78 is 7.32. The summed E-state index contributed by atoms with van der Waals surface area (Å²) in [5.41, 5.74) is 4.78. The highest BCUT2D eigenvalue weighted by Gasteiger charge is 2.35.